The summed E-state index contributed by atoms with van der Waals surface area (Å²) in [6.07, 6.45) is 2.51. The zero-order valence-corrected chi connectivity index (χ0v) is 17.1. The molecule has 0 N–H and O–H groups in total. The molecule has 1 saturated heterocycles. The van der Waals surface area contributed by atoms with Crippen LogP contribution in [0.1, 0.15) is 64.6 Å². The Balaban J connectivity index is 1.53. The second-order valence-electron chi connectivity index (χ2n) is 8.27. The predicted octanol–water partition coefficient (Wildman–Crippen LogP) is 5.91. The van der Waals surface area contributed by atoms with E-state index in [0.29, 0.717) is 6.42 Å². The molecule has 3 heteroatoms. The SMILES string of the molecule is O=C(C[C@H]1O[C@H](c2ccccc2)[C@@H](N2CCCC2)c2ccccc21)c1ccccc1. The van der Waals surface area contributed by atoms with Gasteiger partial charge < -0.3 is 4.74 Å². The van der Waals surface area contributed by atoms with Crippen LogP contribution in [-0.2, 0) is 4.74 Å². The van der Waals surface area contributed by atoms with Gasteiger partial charge in [-0.3, -0.25) is 9.69 Å². The van der Waals surface area contributed by atoms with Crippen LogP contribution in [0.2, 0.25) is 0 Å². The molecule has 0 aliphatic carbocycles. The third-order valence-electron chi connectivity index (χ3n) is 6.39. The van der Waals surface area contributed by atoms with Crippen LogP contribution < -0.4 is 0 Å². The van der Waals surface area contributed by atoms with Crippen LogP contribution in [0.15, 0.2) is 84.9 Å². The molecule has 3 nitrogen and oxygen atoms in total. The first-order chi connectivity index (χ1) is 14.8. The number of ketones is 1. The summed E-state index contributed by atoms with van der Waals surface area (Å²) in [6, 6.07) is 28.8. The molecule has 0 amide bonds. The zero-order valence-electron chi connectivity index (χ0n) is 17.1. The smallest absolute Gasteiger partial charge is 0.165 e. The lowest BCUT2D eigenvalue weighted by Crippen LogP contribution is -2.36. The van der Waals surface area contributed by atoms with E-state index in [1.807, 2.05) is 36.4 Å². The van der Waals surface area contributed by atoms with Gasteiger partial charge in [-0.25, -0.2) is 0 Å². The van der Waals surface area contributed by atoms with Crippen molar-refractivity contribution in [1.29, 1.82) is 0 Å². The number of likely N-dealkylation sites (tertiary alicyclic amines) is 1. The average Bonchev–Trinajstić information content (AvgIpc) is 3.34. The van der Waals surface area contributed by atoms with Gasteiger partial charge >= 0.3 is 0 Å². The number of hydrogen-bond donors (Lipinski definition) is 0. The van der Waals surface area contributed by atoms with Crippen molar-refractivity contribution < 1.29 is 9.53 Å². The van der Waals surface area contributed by atoms with Crippen LogP contribution in [0.4, 0.5) is 0 Å². The number of fused-ring (bicyclic) bond motifs is 1. The van der Waals surface area contributed by atoms with Gasteiger partial charge in [0.05, 0.1) is 12.1 Å². The quantitative estimate of drug-likeness (QED) is 0.501. The van der Waals surface area contributed by atoms with Crippen molar-refractivity contribution in [3.8, 4) is 0 Å². The maximum Gasteiger partial charge on any atom is 0.165 e. The molecule has 2 aliphatic rings. The zero-order chi connectivity index (χ0) is 20.3. The monoisotopic (exact) mass is 397 g/mol. The third kappa shape index (κ3) is 3.71. The van der Waals surface area contributed by atoms with E-state index < -0.39 is 0 Å². The van der Waals surface area contributed by atoms with Gasteiger partial charge in [-0.05, 0) is 42.6 Å². The highest BCUT2D eigenvalue weighted by atomic mass is 16.5. The summed E-state index contributed by atoms with van der Waals surface area (Å²) in [7, 11) is 0. The van der Waals surface area contributed by atoms with Crippen molar-refractivity contribution >= 4 is 5.78 Å². The minimum Gasteiger partial charge on any atom is -0.363 e. The predicted molar refractivity (Wildman–Crippen MR) is 118 cm³/mol. The van der Waals surface area contributed by atoms with Gasteiger partial charge in [0.15, 0.2) is 5.78 Å². The number of hydrogen-bond acceptors (Lipinski definition) is 3. The van der Waals surface area contributed by atoms with E-state index in [2.05, 4.69) is 53.4 Å². The van der Waals surface area contributed by atoms with Gasteiger partial charge in [0, 0.05) is 12.0 Å². The number of benzene rings is 3. The standard InChI is InChI=1S/C27H27NO2/c29-24(20-11-3-1-4-12-20)19-25-22-15-7-8-16-23(22)26(28-17-9-10-18-28)27(30-25)21-13-5-2-6-14-21/h1-8,11-16,25-27H,9-10,17-19H2/t25-,26+,27-/m1/s1. The Bertz CT molecular complexity index is 996. The molecular weight excluding hydrogens is 370 g/mol. The van der Waals surface area contributed by atoms with Crippen molar-refractivity contribution in [3.63, 3.8) is 0 Å². The lowest BCUT2D eigenvalue weighted by Gasteiger charge is -2.42. The molecule has 2 heterocycles. The van der Waals surface area contributed by atoms with Gasteiger partial charge in [-0.2, -0.15) is 0 Å². The van der Waals surface area contributed by atoms with Crippen molar-refractivity contribution in [2.45, 2.75) is 37.5 Å². The molecule has 152 valence electrons. The molecule has 30 heavy (non-hydrogen) atoms. The van der Waals surface area contributed by atoms with Gasteiger partial charge in [0.2, 0.25) is 0 Å². The molecule has 3 aromatic carbocycles. The number of nitrogens with zero attached hydrogens (tertiary/aromatic N) is 1. The van der Waals surface area contributed by atoms with Crippen LogP contribution in [0.3, 0.4) is 0 Å². The van der Waals surface area contributed by atoms with E-state index in [1.165, 1.54) is 24.0 Å². The second-order valence-corrected chi connectivity index (χ2v) is 8.27. The Kier molecular flexibility index (Phi) is 5.48. The first-order valence-corrected chi connectivity index (χ1v) is 10.9. The highest BCUT2D eigenvalue weighted by Crippen LogP contribution is 2.49. The molecular formula is C27H27NO2. The number of rotatable bonds is 5. The molecule has 0 aromatic heterocycles. The Morgan fingerprint density at radius 2 is 1.40 bits per heavy atom. The molecule has 0 saturated carbocycles. The van der Waals surface area contributed by atoms with Gasteiger partial charge in [0.25, 0.3) is 0 Å². The normalized spacial score (nSPS) is 23.8. The fourth-order valence-electron chi connectivity index (χ4n) is 4.94. The molecule has 3 aromatic rings. The van der Waals surface area contributed by atoms with Crippen molar-refractivity contribution in [2.24, 2.45) is 0 Å². The van der Waals surface area contributed by atoms with Gasteiger partial charge in [0.1, 0.15) is 6.10 Å². The van der Waals surface area contributed by atoms with E-state index in [4.69, 9.17) is 4.74 Å². The number of carbonyl (C=O) groups is 1. The van der Waals surface area contributed by atoms with E-state index in [-0.39, 0.29) is 24.0 Å². The summed E-state index contributed by atoms with van der Waals surface area (Å²) in [4.78, 5) is 15.6. The summed E-state index contributed by atoms with van der Waals surface area (Å²) in [5, 5.41) is 0. The summed E-state index contributed by atoms with van der Waals surface area (Å²) in [5.41, 5.74) is 4.40. The van der Waals surface area contributed by atoms with Gasteiger partial charge in [-0.15, -0.1) is 0 Å². The summed E-state index contributed by atoms with van der Waals surface area (Å²) in [6.45, 7) is 2.19. The molecule has 3 atom stereocenters. The van der Waals surface area contributed by atoms with Crippen molar-refractivity contribution in [3.05, 3.63) is 107 Å². The highest BCUT2D eigenvalue weighted by Gasteiger charge is 2.40. The van der Waals surface area contributed by atoms with E-state index in [0.717, 1.165) is 24.2 Å². The van der Waals surface area contributed by atoms with Gasteiger partial charge in [-0.1, -0.05) is 84.9 Å². The Labute approximate surface area is 178 Å². The number of ether oxygens (including phenoxy) is 1. The minimum atomic E-state index is -0.238. The van der Waals surface area contributed by atoms with Crippen LogP contribution in [0.5, 0.6) is 0 Å². The summed E-state index contributed by atoms with van der Waals surface area (Å²) >= 11 is 0. The highest BCUT2D eigenvalue weighted by molar-refractivity contribution is 5.96. The van der Waals surface area contributed by atoms with E-state index >= 15 is 0 Å². The molecule has 0 spiro atoms. The Hall–Kier alpha value is -2.75. The van der Waals surface area contributed by atoms with Crippen LogP contribution in [-0.4, -0.2) is 23.8 Å². The lowest BCUT2D eigenvalue weighted by molar-refractivity contribution is -0.0767. The molecule has 5 rings (SSSR count). The number of carbonyl (C=O) groups excluding carboxylic acids is 1. The van der Waals surface area contributed by atoms with Crippen LogP contribution >= 0.6 is 0 Å². The average molecular weight is 398 g/mol. The fraction of sp³-hybridized carbons (Fsp3) is 0.296. The number of Topliss-reactive ketones (excluding diaryl/α,β-unsaturated/α-hetero) is 1. The topological polar surface area (TPSA) is 29.5 Å². The largest absolute Gasteiger partial charge is 0.363 e. The Morgan fingerprint density at radius 1 is 0.800 bits per heavy atom. The maximum atomic E-state index is 13.0. The van der Waals surface area contributed by atoms with E-state index in [9.17, 15) is 4.79 Å². The first kappa shape index (κ1) is 19.2. The Morgan fingerprint density at radius 3 is 2.10 bits per heavy atom. The van der Waals surface area contributed by atoms with Crippen LogP contribution in [0.25, 0.3) is 0 Å². The molecule has 0 unspecified atom stereocenters. The first-order valence-electron chi connectivity index (χ1n) is 10.9. The maximum absolute atomic E-state index is 13.0. The summed E-state index contributed by atoms with van der Waals surface area (Å²) in [5.74, 6) is 0.127. The molecule has 1 fully saturated rings. The van der Waals surface area contributed by atoms with Crippen molar-refractivity contribution in [1.82, 2.24) is 4.90 Å². The summed E-state index contributed by atoms with van der Waals surface area (Å²) < 4.78 is 6.75. The van der Waals surface area contributed by atoms with Crippen molar-refractivity contribution in [2.75, 3.05) is 13.1 Å². The van der Waals surface area contributed by atoms with E-state index in [1.54, 1.807) is 0 Å². The second kappa shape index (κ2) is 8.55. The molecule has 0 bridgehead atoms. The van der Waals surface area contributed by atoms with Crippen LogP contribution in [0, 0.1) is 0 Å². The minimum absolute atomic E-state index is 0.0761. The fourth-order valence-corrected chi connectivity index (χ4v) is 4.94. The third-order valence-corrected chi connectivity index (χ3v) is 6.39. The molecule has 0 radical (unpaired) electrons. The lowest BCUT2D eigenvalue weighted by atomic mass is 9.84. The molecule has 2 aliphatic heterocycles.